The van der Waals surface area contributed by atoms with Crippen LogP contribution in [0.15, 0.2) is 40.9 Å². The number of aliphatic hydroxyl groups is 1. The highest BCUT2D eigenvalue weighted by Crippen LogP contribution is 2.59. The molecule has 1 aromatic carbocycles. The van der Waals surface area contributed by atoms with Crippen molar-refractivity contribution >= 4 is 34.9 Å². The van der Waals surface area contributed by atoms with Crippen molar-refractivity contribution in [3.63, 3.8) is 0 Å². The molecule has 0 aromatic heterocycles. The smallest absolute Gasteiger partial charge is 0.226 e. The number of rotatable bonds is 5. The van der Waals surface area contributed by atoms with Gasteiger partial charge >= 0.3 is 0 Å². The molecule has 0 aliphatic heterocycles. The molecule has 22 heavy (non-hydrogen) atoms. The predicted octanol–water partition coefficient (Wildman–Crippen LogP) is 2.90. The summed E-state index contributed by atoms with van der Waals surface area (Å²) >= 11 is 11.3. The van der Waals surface area contributed by atoms with Crippen molar-refractivity contribution in [2.24, 2.45) is 17.3 Å². The molecule has 3 atom stereocenters. The molecule has 1 fully saturated rings. The molecule has 1 aliphatic rings. The van der Waals surface area contributed by atoms with Crippen LogP contribution < -0.4 is 5.32 Å². The van der Waals surface area contributed by atoms with Crippen molar-refractivity contribution in [3.8, 4) is 0 Å². The molecular weight excluding hydrogens is 325 g/mol. The molecule has 0 saturated heterocycles. The van der Waals surface area contributed by atoms with E-state index in [-0.39, 0.29) is 21.7 Å². The van der Waals surface area contributed by atoms with Crippen LogP contribution in [0, 0.1) is 17.3 Å². The molecule has 0 unspecified atom stereocenters. The van der Waals surface area contributed by atoms with Gasteiger partial charge in [-0.3, -0.25) is 9.59 Å². The molecule has 1 amide bonds. The first-order chi connectivity index (χ1) is 10.2. The first-order valence-corrected chi connectivity index (χ1v) is 7.61. The maximum atomic E-state index is 12.2. The number of ketones is 1. The minimum Gasteiger partial charge on any atom is -0.367 e. The molecule has 1 aromatic rings. The van der Waals surface area contributed by atoms with Gasteiger partial charge in [0.2, 0.25) is 11.7 Å². The second-order valence-electron chi connectivity index (χ2n) is 5.92. The Bertz CT molecular complexity index is 609. The lowest BCUT2D eigenvalue weighted by Crippen LogP contribution is -2.42. The molecule has 0 heterocycles. The lowest BCUT2D eigenvalue weighted by atomic mass is 10.1. The number of aliphatic hydroxyl groups excluding tert-OH is 1. The second-order valence-corrected chi connectivity index (χ2v) is 6.93. The molecule has 4 nitrogen and oxygen atoms in total. The summed E-state index contributed by atoms with van der Waals surface area (Å²) in [5, 5.41) is 12.3. The van der Waals surface area contributed by atoms with Crippen molar-refractivity contribution in [2.45, 2.75) is 20.1 Å². The van der Waals surface area contributed by atoms with E-state index in [9.17, 15) is 14.7 Å². The molecule has 2 N–H and O–H groups in total. The fraction of sp³-hybridized carbons (Fsp3) is 0.375. The highest BCUT2D eigenvalue weighted by atomic mass is 35.5. The van der Waals surface area contributed by atoms with Gasteiger partial charge in [0.25, 0.3) is 0 Å². The fourth-order valence-electron chi connectivity index (χ4n) is 2.68. The van der Waals surface area contributed by atoms with Crippen LogP contribution in [0.1, 0.15) is 24.2 Å². The molecule has 0 spiro atoms. The van der Waals surface area contributed by atoms with Crippen LogP contribution in [0.3, 0.4) is 0 Å². The van der Waals surface area contributed by atoms with Crippen LogP contribution in [0.25, 0.3) is 0 Å². The van der Waals surface area contributed by atoms with E-state index in [1.165, 1.54) is 0 Å². The van der Waals surface area contributed by atoms with Gasteiger partial charge in [-0.25, -0.2) is 0 Å². The number of carbonyl (C=O) groups is 2. The standard InChI is InChI=1S/C16H17Cl2NO3/c1-16(2)10(8-11(17)18)12(16)14(21)19-15(22)13(20)9-6-4-3-5-7-9/h3-8,10,12,15,22H,1-2H3,(H,19,21)/t10-,12-,15-/m0/s1. The third-order valence-electron chi connectivity index (χ3n) is 4.08. The number of benzene rings is 1. The summed E-state index contributed by atoms with van der Waals surface area (Å²) in [4.78, 5) is 24.2. The Hall–Kier alpha value is -1.36. The van der Waals surface area contributed by atoms with E-state index < -0.39 is 17.9 Å². The summed E-state index contributed by atoms with van der Waals surface area (Å²) in [7, 11) is 0. The van der Waals surface area contributed by atoms with Gasteiger partial charge in [0.05, 0.1) is 5.92 Å². The number of amides is 1. The van der Waals surface area contributed by atoms with E-state index in [0.717, 1.165) is 0 Å². The number of hydrogen-bond donors (Lipinski definition) is 2. The van der Waals surface area contributed by atoms with Gasteiger partial charge in [0, 0.05) is 5.56 Å². The van der Waals surface area contributed by atoms with E-state index in [1.54, 1.807) is 36.4 Å². The van der Waals surface area contributed by atoms with Crippen LogP contribution in [-0.4, -0.2) is 23.0 Å². The first kappa shape index (κ1) is 17.0. The van der Waals surface area contributed by atoms with E-state index in [2.05, 4.69) is 5.32 Å². The zero-order chi connectivity index (χ0) is 16.5. The summed E-state index contributed by atoms with van der Waals surface area (Å²) < 4.78 is 0.106. The summed E-state index contributed by atoms with van der Waals surface area (Å²) in [6.45, 7) is 3.81. The van der Waals surface area contributed by atoms with Gasteiger partial charge in [0.1, 0.15) is 4.49 Å². The Morgan fingerprint density at radius 1 is 1.27 bits per heavy atom. The SMILES string of the molecule is CC1(C)[C@H](C(=O)N[C@@H](O)C(=O)c2ccccc2)[C@@H]1C=C(Cl)Cl. The van der Waals surface area contributed by atoms with E-state index in [1.807, 2.05) is 13.8 Å². The zero-order valence-electron chi connectivity index (χ0n) is 12.2. The Balaban J connectivity index is 2.01. The third-order valence-corrected chi connectivity index (χ3v) is 4.34. The second kappa shape index (κ2) is 6.41. The molecule has 0 bridgehead atoms. The fourth-order valence-corrected chi connectivity index (χ4v) is 2.95. The van der Waals surface area contributed by atoms with Gasteiger partial charge in [0.15, 0.2) is 6.23 Å². The van der Waals surface area contributed by atoms with Crippen molar-refractivity contribution in [2.75, 3.05) is 0 Å². The van der Waals surface area contributed by atoms with E-state index >= 15 is 0 Å². The minimum absolute atomic E-state index is 0.106. The van der Waals surface area contributed by atoms with Crippen LogP contribution in [0.2, 0.25) is 0 Å². The lowest BCUT2D eigenvalue weighted by molar-refractivity contribution is -0.125. The van der Waals surface area contributed by atoms with Crippen LogP contribution in [0.5, 0.6) is 0 Å². The van der Waals surface area contributed by atoms with Gasteiger partial charge in [-0.2, -0.15) is 0 Å². The summed E-state index contributed by atoms with van der Waals surface area (Å²) in [6, 6.07) is 8.31. The molecule has 1 saturated carbocycles. The largest absolute Gasteiger partial charge is 0.367 e. The summed E-state index contributed by atoms with van der Waals surface area (Å²) in [5.74, 6) is -1.43. The normalized spacial score (nSPS) is 23.3. The van der Waals surface area contributed by atoms with Crippen LogP contribution >= 0.6 is 23.2 Å². The molecule has 0 radical (unpaired) electrons. The Morgan fingerprint density at radius 3 is 2.41 bits per heavy atom. The summed E-state index contributed by atoms with van der Waals surface area (Å²) in [6.07, 6.45) is 0.0427. The Labute approximate surface area is 139 Å². The molecule has 118 valence electrons. The molecule has 1 aliphatic carbocycles. The van der Waals surface area contributed by atoms with Crippen molar-refractivity contribution in [1.82, 2.24) is 5.32 Å². The highest BCUT2D eigenvalue weighted by Gasteiger charge is 2.60. The average Bonchev–Trinajstić information content (AvgIpc) is 2.99. The van der Waals surface area contributed by atoms with Gasteiger partial charge in [-0.15, -0.1) is 0 Å². The molecular formula is C16H17Cl2NO3. The quantitative estimate of drug-likeness (QED) is 0.639. The van der Waals surface area contributed by atoms with Crippen molar-refractivity contribution in [1.29, 1.82) is 0 Å². The lowest BCUT2D eigenvalue weighted by Gasteiger charge is -2.12. The van der Waals surface area contributed by atoms with Gasteiger partial charge in [-0.05, 0) is 17.4 Å². The number of allylic oxidation sites excluding steroid dienone is 1. The van der Waals surface area contributed by atoms with Gasteiger partial charge < -0.3 is 10.4 Å². The molecule has 6 heteroatoms. The number of hydrogen-bond acceptors (Lipinski definition) is 3. The number of halogens is 2. The van der Waals surface area contributed by atoms with E-state index in [4.69, 9.17) is 23.2 Å². The third kappa shape index (κ3) is 3.51. The number of nitrogens with one attached hydrogen (secondary N) is 1. The predicted molar refractivity (Wildman–Crippen MR) is 85.5 cm³/mol. The summed E-state index contributed by atoms with van der Waals surface area (Å²) in [5.41, 5.74) is 0.0276. The Morgan fingerprint density at radius 2 is 1.86 bits per heavy atom. The number of Topliss-reactive ketones (excluding diaryl/α,β-unsaturated/α-hetero) is 1. The first-order valence-electron chi connectivity index (χ1n) is 6.85. The topological polar surface area (TPSA) is 66.4 Å². The number of carbonyl (C=O) groups excluding carboxylic acids is 2. The Kier molecular flexibility index (Phi) is 4.95. The van der Waals surface area contributed by atoms with Crippen LogP contribution in [-0.2, 0) is 4.79 Å². The maximum absolute atomic E-state index is 12.2. The highest BCUT2D eigenvalue weighted by molar-refractivity contribution is 6.55. The van der Waals surface area contributed by atoms with Crippen molar-refractivity contribution in [3.05, 3.63) is 46.5 Å². The minimum atomic E-state index is -1.57. The van der Waals surface area contributed by atoms with Crippen molar-refractivity contribution < 1.29 is 14.7 Å². The van der Waals surface area contributed by atoms with Crippen LogP contribution in [0.4, 0.5) is 0 Å². The average molecular weight is 342 g/mol. The van der Waals surface area contributed by atoms with E-state index in [0.29, 0.717) is 5.56 Å². The van der Waals surface area contributed by atoms with Gasteiger partial charge in [-0.1, -0.05) is 67.4 Å². The molecule has 2 rings (SSSR count). The zero-order valence-corrected chi connectivity index (χ0v) is 13.7. The maximum Gasteiger partial charge on any atom is 0.226 e. The monoisotopic (exact) mass is 341 g/mol.